The number of hydrogen-bond acceptors (Lipinski definition) is 6. The minimum absolute atomic E-state index is 0.0687. The van der Waals surface area contributed by atoms with Gasteiger partial charge in [-0.05, 0) is 19.1 Å². The van der Waals surface area contributed by atoms with Gasteiger partial charge in [0.1, 0.15) is 17.8 Å². The number of esters is 1. The predicted molar refractivity (Wildman–Crippen MR) is 82.8 cm³/mol. The molecule has 0 aromatic heterocycles. The maximum atomic E-state index is 12.2. The van der Waals surface area contributed by atoms with Crippen LogP contribution in [0.4, 0.5) is 0 Å². The van der Waals surface area contributed by atoms with Crippen LogP contribution in [0, 0.1) is 0 Å². The Labute approximate surface area is 138 Å². The van der Waals surface area contributed by atoms with Gasteiger partial charge < -0.3 is 26.2 Å². The first-order valence-corrected chi connectivity index (χ1v) is 7.01. The number of carbonyl (C=O) groups is 4. The molecule has 3 amide bonds. The summed E-state index contributed by atoms with van der Waals surface area (Å²) in [6.07, 6.45) is -0.473. The monoisotopic (exact) mass is 337 g/mol. The zero-order chi connectivity index (χ0) is 18.3. The number of rotatable bonds is 7. The molecule has 0 bridgehead atoms. The van der Waals surface area contributed by atoms with E-state index in [1.807, 2.05) is 0 Å². The largest absolute Gasteiger partial charge is 0.507 e. The second kappa shape index (κ2) is 8.51. The molecule has 5 N–H and O–H groups in total. The molecule has 0 saturated heterocycles. The van der Waals surface area contributed by atoms with Gasteiger partial charge in [-0.2, -0.15) is 0 Å². The molecule has 0 fully saturated rings. The second-order valence-corrected chi connectivity index (χ2v) is 4.97. The number of benzene rings is 1. The molecule has 0 heterocycles. The standard InChI is InChI=1S/C15H19N3O6/c1-8(15(23)24-2)17-14(22)10(7-12(16)20)18-13(21)9-5-3-4-6-11(9)19/h3-6,8,10,19H,7H2,1-2H3,(H2,16,20)(H,17,22)(H,18,21)/t8-,10+/m0/s1. The van der Waals surface area contributed by atoms with Crippen molar-refractivity contribution in [2.24, 2.45) is 5.73 Å². The smallest absolute Gasteiger partial charge is 0.328 e. The van der Waals surface area contributed by atoms with E-state index in [0.717, 1.165) is 7.11 Å². The third-order valence-electron chi connectivity index (χ3n) is 3.09. The van der Waals surface area contributed by atoms with Gasteiger partial charge in [0.2, 0.25) is 11.8 Å². The predicted octanol–water partition coefficient (Wildman–Crippen LogP) is -0.956. The number of phenols is 1. The summed E-state index contributed by atoms with van der Waals surface area (Å²) in [6, 6.07) is 3.43. The highest BCUT2D eigenvalue weighted by Crippen LogP contribution is 2.15. The summed E-state index contributed by atoms with van der Waals surface area (Å²) in [5, 5.41) is 14.3. The van der Waals surface area contributed by atoms with Crippen LogP contribution in [0.2, 0.25) is 0 Å². The van der Waals surface area contributed by atoms with Crippen molar-refractivity contribution in [2.75, 3.05) is 7.11 Å². The van der Waals surface area contributed by atoms with Gasteiger partial charge in [-0.25, -0.2) is 4.79 Å². The molecule has 130 valence electrons. The molecule has 0 saturated carbocycles. The van der Waals surface area contributed by atoms with Gasteiger partial charge in [0.05, 0.1) is 19.1 Å². The maximum Gasteiger partial charge on any atom is 0.328 e. The Morgan fingerprint density at radius 2 is 1.83 bits per heavy atom. The summed E-state index contributed by atoms with van der Waals surface area (Å²) in [5.74, 6) is -3.33. The third-order valence-corrected chi connectivity index (χ3v) is 3.09. The van der Waals surface area contributed by atoms with E-state index >= 15 is 0 Å². The number of amides is 3. The molecule has 2 atom stereocenters. The van der Waals surface area contributed by atoms with E-state index in [1.165, 1.54) is 31.2 Å². The Kier molecular flexibility index (Phi) is 6.72. The molecule has 1 aromatic carbocycles. The fraction of sp³-hybridized carbons (Fsp3) is 0.333. The van der Waals surface area contributed by atoms with E-state index < -0.39 is 42.2 Å². The first-order chi connectivity index (χ1) is 11.3. The summed E-state index contributed by atoms with van der Waals surface area (Å²) < 4.78 is 4.47. The molecular formula is C15H19N3O6. The van der Waals surface area contributed by atoms with Gasteiger partial charge in [-0.1, -0.05) is 12.1 Å². The molecule has 9 nitrogen and oxygen atoms in total. The molecule has 1 rings (SSSR count). The number of methoxy groups -OCH3 is 1. The van der Waals surface area contributed by atoms with Crippen molar-refractivity contribution >= 4 is 23.7 Å². The molecule has 0 aliphatic heterocycles. The van der Waals surface area contributed by atoms with Crippen molar-refractivity contribution in [1.82, 2.24) is 10.6 Å². The third kappa shape index (κ3) is 5.27. The van der Waals surface area contributed by atoms with E-state index in [0.29, 0.717) is 0 Å². The molecule has 0 spiro atoms. The van der Waals surface area contributed by atoms with Crippen LogP contribution < -0.4 is 16.4 Å². The Hall–Kier alpha value is -3.10. The van der Waals surface area contributed by atoms with Gasteiger partial charge >= 0.3 is 5.97 Å². The Bertz CT molecular complexity index is 646. The van der Waals surface area contributed by atoms with E-state index in [-0.39, 0.29) is 11.3 Å². The summed E-state index contributed by atoms with van der Waals surface area (Å²) in [5.41, 5.74) is 5.01. The molecule has 0 radical (unpaired) electrons. The average molecular weight is 337 g/mol. The van der Waals surface area contributed by atoms with Gasteiger partial charge in [0, 0.05) is 0 Å². The maximum absolute atomic E-state index is 12.2. The molecule has 1 aromatic rings. The summed E-state index contributed by atoms with van der Waals surface area (Å²) >= 11 is 0. The Morgan fingerprint density at radius 1 is 1.21 bits per heavy atom. The number of carbonyl (C=O) groups excluding carboxylic acids is 4. The van der Waals surface area contributed by atoms with Crippen LogP contribution >= 0.6 is 0 Å². The van der Waals surface area contributed by atoms with Crippen LogP contribution in [0.3, 0.4) is 0 Å². The van der Waals surface area contributed by atoms with Crippen molar-refractivity contribution in [3.8, 4) is 5.75 Å². The number of nitrogens with one attached hydrogen (secondary N) is 2. The van der Waals surface area contributed by atoms with Crippen molar-refractivity contribution in [3.63, 3.8) is 0 Å². The van der Waals surface area contributed by atoms with Gasteiger partial charge in [0.15, 0.2) is 0 Å². The first kappa shape index (κ1) is 18.9. The van der Waals surface area contributed by atoms with E-state index in [4.69, 9.17) is 5.73 Å². The van der Waals surface area contributed by atoms with Crippen LogP contribution in [0.15, 0.2) is 24.3 Å². The molecule has 9 heteroatoms. The van der Waals surface area contributed by atoms with Crippen LogP contribution in [0.1, 0.15) is 23.7 Å². The lowest BCUT2D eigenvalue weighted by molar-refractivity contribution is -0.144. The molecule has 24 heavy (non-hydrogen) atoms. The SMILES string of the molecule is COC(=O)[C@H](C)NC(=O)[C@@H](CC(N)=O)NC(=O)c1ccccc1O. The van der Waals surface area contributed by atoms with Crippen molar-refractivity contribution in [3.05, 3.63) is 29.8 Å². The van der Waals surface area contributed by atoms with Crippen LogP contribution in [-0.2, 0) is 19.1 Å². The Morgan fingerprint density at radius 3 is 2.38 bits per heavy atom. The highest BCUT2D eigenvalue weighted by molar-refractivity contribution is 6.01. The van der Waals surface area contributed by atoms with Crippen molar-refractivity contribution < 1.29 is 29.0 Å². The van der Waals surface area contributed by atoms with Crippen LogP contribution in [0.5, 0.6) is 5.75 Å². The van der Waals surface area contributed by atoms with E-state index in [1.54, 1.807) is 0 Å². The molecular weight excluding hydrogens is 318 g/mol. The lowest BCUT2D eigenvalue weighted by atomic mass is 10.1. The van der Waals surface area contributed by atoms with Crippen molar-refractivity contribution in [1.29, 1.82) is 0 Å². The number of para-hydroxylation sites is 1. The van der Waals surface area contributed by atoms with Gasteiger partial charge in [-0.3, -0.25) is 14.4 Å². The highest BCUT2D eigenvalue weighted by atomic mass is 16.5. The molecule has 0 aliphatic carbocycles. The van der Waals surface area contributed by atoms with E-state index in [2.05, 4.69) is 15.4 Å². The lowest BCUT2D eigenvalue weighted by Gasteiger charge is -2.19. The van der Waals surface area contributed by atoms with Gasteiger partial charge in [0.25, 0.3) is 5.91 Å². The fourth-order valence-electron chi connectivity index (χ4n) is 1.86. The zero-order valence-electron chi connectivity index (χ0n) is 13.2. The van der Waals surface area contributed by atoms with Gasteiger partial charge in [-0.15, -0.1) is 0 Å². The average Bonchev–Trinajstić information content (AvgIpc) is 2.53. The quantitative estimate of drug-likeness (QED) is 0.471. The Balaban J connectivity index is 2.87. The topological polar surface area (TPSA) is 148 Å². The van der Waals surface area contributed by atoms with E-state index in [9.17, 15) is 24.3 Å². The zero-order valence-corrected chi connectivity index (χ0v) is 13.2. The lowest BCUT2D eigenvalue weighted by Crippen LogP contribution is -2.52. The summed E-state index contributed by atoms with van der Waals surface area (Å²) in [4.78, 5) is 46.8. The number of nitrogens with two attached hydrogens (primary N) is 1. The number of ether oxygens (including phenoxy) is 1. The summed E-state index contributed by atoms with van der Waals surface area (Å²) in [6.45, 7) is 1.38. The molecule has 0 aliphatic rings. The minimum atomic E-state index is -1.30. The van der Waals surface area contributed by atoms with Crippen LogP contribution in [0.25, 0.3) is 0 Å². The molecule has 0 unspecified atom stereocenters. The van der Waals surface area contributed by atoms with Crippen molar-refractivity contribution in [2.45, 2.75) is 25.4 Å². The van der Waals surface area contributed by atoms with Crippen LogP contribution in [-0.4, -0.2) is 48.0 Å². The number of phenolic OH excluding ortho intramolecular Hbond substituents is 1. The minimum Gasteiger partial charge on any atom is -0.507 e. The normalized spacial score (nSPS) is 12.6. The number of primary amides is 1. The fourth-order valence-corrected chi connectivity index (χ4v) is 1.86. The second-order valence-electron chi connectivity index (χ2n) is 4.97. The highest BCUT2D eigenvalue weighted by Gasteiger charge is 2.27. The summed E-state index contributed by atoms with van der Waals surface area (Å²) in [7, 11) is 1.16. The number of aromatic hydroxyl groups is 1. The number of hydrogen-bond donors (Lipinski definition) is 4. The first-order valence-electron chi connectivity index (χ1n) is 7.01.